The van der Waals surface area contributed by atoms with Crippen LogP contribution in [0.1, 0.15) is 29.7 Å². The fourth-order valence-corrected chi connectivity index (χ4v) is 2.76. The molecule has 4 heteroatoms. The number of aryl methyl sites for hydroxylation is 2. The van der Waals surface area contributed by atoms with Gasteiger partial charge >= 0.3 is 0 Å². The molecule has 2 nitrogen and oxygen atoms in total. The molecule has 0 aliphatic rings. The summed E-state index contributed by atoms with van der Waals surface area (Å²) in [6.45, 7) is 6.35. The van der Waals surface area contributed by atoms with Gasteiger partial charge in [0.05, 0.1) is 6.04 Å². The summed E-state index contributed by atoms with van der Waals surface area (Å²) in [4.78, 5) is 0. The third kappa shape index (κ3) is 4.55. The molecule has 0 amide bonds. The van der Waals surface area contributed by atoms with Gasteiger partial charge in [0.15, 0.2) is 5.11 Å². The van der Waals surface area contributed by atoms with E-state index < -0.39 is 0 Å². The van der Waals surface area contributed by atoms with Crippen LogP contribution in [0.25, 0.3) is 0 Å². The van der Waals surface area contributed by atoms with E-state index in [1.165, 1.54) is 16.7 Å². The van der Waals surface area contributed by atoms with Crippen molar-refractivity contribution in [2.45, 2.75) is 26.8 Å². The molecule has 2 aromatic rings. The molecule has 0 fully saturated rings. The molecule has 21 heavy (non-hydrogen) atoms. The second-order valence-corrected chi connectivity index (χ2v) is 6.51. The first-order valence-corrected chi connectivity index (χ1v) is 8.06. The van der Waals surface area contributed by atoms with Gasteiger partial charge in [-0.1, -0.05) is 39.7 Å². The summed E-state index contributed by atoms with van der Waals surface area (Å²) in [7, 11) is 0. The maximum absolute atomic E-state index is 5.39. The molecule has 2 aromatic carbocycles. The van der Waals surface area contributed by atoms with Crippen molar-refractivity contribution in [1.29, 1.82) is 0 Å². The van der Waals surface area contributed by atoms with Gasteiger partial charge in [-0.2, -0.15) is 0 Å². The van der Waals surface area contributed by atoms with Gasteiger partial charge in [0.25, 0.3) is 0 Å². The molecule has 0 saturated carbocycles. The smallest absolute Gasteiger partial charge is 0.171 e. The third-order valence-corrected chi connectivity index (χ3v) is 4.10. The lowest BCUT2D eigenvalue weighted by Crippen LogP contribution is -2.31. The molecule has 0 aliphatic heterocycles. The number of rotatable bonds is 3. The predicted molar refractivity (Wildman–Crippen MR) is 97.8 cm³/mol. The summed E-state index contributed by atoms with van der Waals surface area (Å²) in [6, 6.07) is 14.6. The van der Waals surface area contributed by atoms with Crippen molar-refractivity contribution >= 4 is 38.9 Å². The Bertz CT molecular complexity index is 638. The number of anilines is 1. The van der Waals surface area contributed by atoms with Gasteiger partial charge in [-0.05, 0) is 68.4 Å². The molecule has 0 aliphatic carbocycles. The first-order chi connectivity index (χ1) is 9.95. The molecule has 2 N–H and O–H groups in total. The normalized spacial score (nSPS) is 11.8. The lowest BCUT2D eigenvalue weighted by atomic mass is 10.0. The lowest BCUT2D eigenvalue weighted by molar-refractivity contribution is 0.716. The van der Waals surface area contributed by atoms with Crippen LogP contribution in [0.2, 0.25) is 0 Å². The Morgan fingerprint density at radius 1 is 1.10 bits per heavy atom. The van der Waals surface area contributed by atoms with E-state index in [1.807, 2.05) is 24.3 Å². The van der Waals surface area contributed by atoms with Crippen molar-refractivity contribution in [3.05, 3.63) is 63.6 Å². The number of thiocarbonyl (C=S) groups is 1. The lowest BCUT2D eigenvalue weighted by Gasteiger charge is -2.19. The highest BCUT2D eigenvalue weighted by Gasteiger charge is 2.10. The number of hydrogen-bond donors (Lipinski definition) is 2. The van der Waals surface area contributed by atoms with Crippen molar-refractivity contribution in [2.24, 2.45) is 0 Å². The van der Waals surface area contributed by atoms with Crippen molar-refractivity contribution in [3.63, 3.8) is 0 Å². The summed E-state index contributed by atoms with van der Waals surface area (Å²) < 4.78 is 1.05. The molecule has 0 spiro atoms. The summed E-state index contributed by atoms with van der Waals surface area (Å²) in [5.41, 5.74) is 4.78. The largest absolute Gasteiger partial charge is 0.356 e. The Morgan fingerprint density at radius 2 is 1.76 bits per heavy atom. The van der Waals surface area contributed by atoms with Gasteiger partial charge in [0.2, 0.25) is 0 Å². The van der Waals surface area contributed by atoms with Crippen molar-refractivity contribution in [3.8, 4) is 0 Å². The van der Waals surface area contributed by atoms with Gasteiger partial charge in [0, 0.05) is 10.2 Å². The summed E-state index contributed by atoms with van der Waals surface area (Å²) >= 11 is 8.81. The maximum atomic E-state index is 5.39. The van der Waals surface area contributed by atoms with Crippen LogP contribution in [-0.4, -0.2) is 5.11 Å². The maximum Gasteiger partial charge on any atom is 0.171 e. The van der Waals surface area contributed by atoms with Gasteiger partial charge in [0.1, 0.15) is 0 Å². The van der Waals surface area contributed by atoms with Crippen LogP contribution >= 0.6 is 28.1 Å². The van der Waals surface area contributed by atoms with E-state index in [1.54, 1.807) is 0 Å². The van der Waals surface area contributed by atoms with Gasteiger partial charge in [-0.15, -0.1) is 0 Å². The molecular formula is C17H19BrN2S. The standard InChI is InChI=1S/C17H19BrN2S/c1-11-4-5-12(2)16(10-11)13(3)19-17(21)20-15-8-6-14(18)7-9-15/h4-10,13H,1-3H3,(H2,19,20,21). The average molecular weight is 363 g/mol. The third-order valence-electron chi connectivity index (χ3n) is 3.35. The Hall–Kier alpha value is -1.39. The van der Waals surface area contributed by atoms with Crippen LogP contribution in [0.5, 0.6) is 0 Å². The van der Waals surface area contributed by atoms with E-state index in [2.05, 4.69) is 65.5 Å². The van der Waals surface area contributed by atoms with Gasteiger partial charge in [-0.3, -0.25) is 0 Å². The minimum Gasteiger partial charge on any atom is -0.356 e. The number of benzene rings is 2. The minimum absolute atomic E-state index is 0.167. The summed E-state index contributed by atoms with van der Waals surface area (Å²) in [6.07, 6.45) is 0. The number of hydrogen-bond acceptors (Lipinski definition) is 1. The molecule has 0 saturated heterocycles. The molecule has 110 valence electrons. The zero-order valence-electron chi connectivity index (χ0n) is 12.4. The van der Waals surface area contributed by atoms with Crippen molar-refractivity contribution in [2.75, 3.05) is 5.32 Å². The fourth-order valence-electron chi connectivity index (χ4n) is 2.20. The molecule has 0 heterocycles. The Labute approximate surface area is 140 Å². The molecule has 0 bridgehead atoms. The van der Waals surface area contributed by atoms with E-state index in [4.69, 9.17) is 12.2 Å². The van der Waals surface area contributed by atoms with Crippen LogP contribution in [0.3, 0.4) is 0 Å². The minimum atomic E-state index is 0.167. The van der Waals surface area contributed by atoms with Crippen LogP contribution in [0, 0.1) is 13.8 Å². The Balaban J connectivity index is 2.01. The SMILES string of the molecule is Cc1ccc(C)c(C(C)NC(=S)Nc2ccc(Br)cc2)c1. The Kier molecular flexibility index (Phi) is 5.37. The van der Waals surface area contributed by atoms with E-state index in [0.717, 1.165) is 10.2 Å². The average Bonchev–Trinajstić information content (AvgIpc) is 2.44. The van der Waals surface area contributed by atoms with Crippen molar-refractivity contribution < 1.29 is 0 Å². The first kappa shape index (κ1) is 16.0. The van der Waals surface area contributed by atoms with E-state index in [9.17, 15) is 0 Å². The van der Waals surface area contributed by atoms with Gasteiger partial charge < -0.3 is 10.6 Å². The number of nitrogens with one attached hydrogen (secondary N) is 2. The van der Waals surface area contributed by atoms with Crippen molar-refractivity contribution in [1.82, 2.24) is 5.32 Å². The highest BCUT2D eigenvalue weighted by Crippen LogP contribution is 2.19. The molecule has 1 unspecified atom stereocenters. The highest BCUT2D eigenvalue weighted by molar-refractivity contribution is 9.10. The fraction of sp³-hybridized carbons (Fsp3) is 0.235. The molecular weight excluding hydrogens is 344 g/mol. The number of halogens is 1. The quantitative estimate of drug-likeness (QED) is 0.741. The molecule has 0 radical (unpaired) electrons. The Morgan fingerprint density at radius 3 is 2.43 bits per heavy atom. The molecule has 2 rings (SSSR count). The molecule has 0 aromatic heterocycles. The van der Waals surface area contributed by atoms with Crippen LogP contribution < -0.4 is 10.6 Å². The van der Waals surface area contributed by atoms with Gasteiger partial charge in [-0.25, -0.2) is 0 Å². The highest BCUT2D eigenvalue weighted by atomic mass is 79.9. The van der Waals surface area contributed by atoms with E-state index in [-0.39, 0.29) is 6.04 Å². The zero-order valence-corrected chi connectivity index (χ0v) is 14.8. The second-order valence-electron chi connectivity index (χ2n) is 5.19. The van der Waals surface area contributed by atoms with Crippen LogP contribution in [0.15, 0.2) is 46.9 Å². The summed E-state index contributed by atoms with van der Waals surface area (Å²) in [5, 5.41) is 7.17. The second kappa shape index (κ2) is 7.05. The molecule has 1 atom stereocenters. The monoisotopic (exact) mass is 362 g/mol. The zero-order chi connectivity index (χ0) is 15.4. The predicted octanol–water partition coefficient (Wildman–Crippen LogP) is 5.11. The van der Waals surface area contributed by atoms with E-state index in [0.29, 0.717) is 5.11 Å². The van der Waals surface area contributed by atoms with Crippen LogP contribution in [0.4, 0.5) is 5.69 Å². The topological polar surface area (TPSA) is 24.1 Å². The first-order valence-electron chi connectivity index (χ1n) is 6.86. The van der Waals surface area contributed by atoms with Crippen LogP contribution in [-0.2, 0) is 0 Å². The van der Waals surface area contributed by atoms with E-state index >= 15 is 0 Å². The summed E-state index contributed by atoms with van der Waals surface area (Å²) in [5.74, 6) is 0.